The third kappa shape index (κ3) is 3.46. The van der Waals surface area contributed by atoms with E-state index < -0.39 is 15.7 Å². The summed E-state index contributed by atoms with van der Waals surface area (Å²) in [6.45, 7) is 0. The fourth-order valence-electron chi connectivity index (χ4n) is 2.88. The Hall–Kier alpha value is -2.91. The highest BCUT2D eigenvalue weighted by Crippen LogP contribution is 2.34. The van der Waals surface area contributed by atoms with Crippen molar-refractivity contribution in [2.24, 2.45) is 0 Å². The van der Waals surface area contributed by atoms with Crippen LogP contribution in [-0.4, -0.2) is 30.5 Å². The van der Waals surface area contributed by atoms with Crippen molar-refractivity contribution in [3.05, 3.63) is 65.1 Å². The summed E-state index contributed by atoms with van der Waals surface area (Å²) in [6.07, 6.45) is 2.92. The molecule has 0 amide bonds. The molecule has 0 bridgehead atoms. The summed E-state index contributed by atoms with van der Waals surface area (Å²) in [5.74, 6) is -0.255. The van der Waals surface area contributed by atoms with Crippen molar-refractivity contribution in [1.82, 2.24) is 15.0 Å². The minimum atomic E-state index is -3.56. The Labute approximate surface area is 164 Å². The Bertz CT molecular complexity index is 1260. The lowest BCUT2D eigenvalue weighted by Gasteiger charge is -2.11. The molecule has 0 N–H and O–H groups in total. The number of halogens is 1. The topological polar surface area (TPSA) is 82.0 Å². The molecule has 4 rings (SSSR count). The van der Waals surface area contributed by atoms with E-state index in [1.54, 1.807) is 23.7 Å². The number of fused-ring (bicyclic) bond motifs is 1. The highest BCUT2D eigenvalue weighted by molar-refractivity contribution is 7.90. The molecule has 0 spiro atoms. The van der Waals surface area contributed by atoms with Gasteiger partial charge in [-0.25, -0.2) is 27.8 Å². The Morgan fingerprint density at radius 1 is 1.11 bits per heavy atom. The summed E-state index contributed by atoms with van der Waals surface area (Å²) in [7, 11) is -2.11. The van der Waals surface area contributed by atoms with Crippen molar-refractivity contribution in [2.75, 3.05) is 7.11 Å². The molecule has 9 heteroatoms. The molecule has 0 aliphatic heterocycles. The average Bonchev–Trinajstić information content (AvgIpc) is 3.19. The first kappa shape index (κ1) is 18.5. The first-order valence-electron chi connectivity index (χ1n) is 8.18. The molecule has 0 fully saturated rings. The van der Waals surface area contributed by atoms with Gasteiger partial charge in [0.2, 0.25) is 0 Å². The van der Waals surface area contributed by atoms with Crippen LogP contribution in [0.5, 0.6) is 5.75 Å². The predicted octanol–water partition coefficient (Wildman–Crippen LogP) is 3.87. The highest BCUT2D eigenvalue weighted by atomic mass is 32.2. The van der Waals surface area contributed by atoms with Gasteiger partial charge in [0, 0.05) is 28.6 Å². The van der Waals surface area contributed by atoms with E-state index in [0.29, 0.717) is 32.9 Å². The quantitative estimate of drug-likeness (QED) is 0.492. The van der Waals surface area contributed by atoms with Gasteiger partial charge in [-0.1, -0.05) is 0 Å². The highest BCUT2D eigenvalue weighted by Gasteiger charge is 2.19. The van der Waals surface area contributed by atoms with E-state index in [-0.39, 0.29) is 10.6 Å². The van der Waals surface area contributed by atoms with E-state index in [4.69, 9.17) is 4.74 Å². The number of methoxy groups -OCH3 is 1. The third-order valence-corrected chi connectivity index (χ3v) is 6.77. The van der Waals surface area contributed by atoms with Crippen molar-refractivity contribution in [2.45, 2.75) is 10.6 Å². The number of nitrogens with zero attached hydrogens (tertiary/aromatic N) is 3. The van der Waals surface area contributed by atoms with Gasteiger partial charge in [0.1, 0.15) is 28.7 Å². The molecular weight excluding hydrogens is 401 g/mol. The zero-order valence-electron chi connectivity index (χ0n) is 14.7. The number of aromatic nitrogens is 3. The number of benzene rings is 2. The summed E-state index contributed by atoms with van der Waals surface area (Å²) in [5.41, 5.74) is 1.59. The molecule has 6 nitrogen and oxygen atoms in total. The fourth-order valence-corrected chi connectivity index (χ4v) is 5.15. The van der Waals surface area contributed by atoms with Crippen LogP contribution in [-0.2, 0) is 15.6 Å². The van der Waals surface area contributed by atoms with E-state index in [1.165, 1.54) is 49.0 Å². The molecule has 2 aromatic carbocycles. The molecule has 2 heterocycles. The van der Waals surface area contributed by atoms with Crippen molar-refractivity contribution >= 4 is 32.1 Å². The maximum Gasteiger partial charge on any atom is 0.184 e. The second-order valence-electron chi connectivity index (χ2n) is 5.93. The lowest BCUT2D eigenvalue weighted by Crippen LogP contribution is -2.05. The van der Waals surface area contributed by atoms with Crippen LogP contribution < -0.4 is 4.74 Å². The predicted molar refractivity (Wildman–Crippen MR) is 104 cm³/mol. The molecule has 0 aliphatic carbocycles. The van der Waals surface area contributed by atoms with Gasteiger partial charge in [-0.05, 0) is 30.3 Å². The molecule has 2 aromatic heterocycles. The van der Waals surface area contributed by atoms with E-state index in [9.17, 15) is 12.8 Å². The second kappa shape index (κ2) is 7.25. The molecule has 0 aliphatic rings. The van der Waals surface area contributed by atoms with E-state index in [0.717, 1.165) is 0 Å². The maximum atomic E-state index is 13.5. The van der Waals surface area contributed by atoms with Crippen LogP contribution in [0.25, 0.3) is 22.2 Å². The maximum absolute atomic E-state index is 13.5. The summed E-state index contributed by atoms with van der Waals surface area (Å²) < 4.78 is 44.2. The van der Waals surface area contributed by atoms with Gasteiger partial charge in [0.25, 0.3) is 0 Å². The Morgan fingerprint density at radius 2 is 1.96 bits per heavy atom. The molecular formula is C19H14FN3O3S2. The minimum Gasteiger partial charge on any atom is -0.496 e. The fraction of sp³-hybridized carbons (Fsp3) is 0.105. The number of hydrogen-bond acceptors (Lipinski definition) is 7. The Morgan fingerprint density at radius 3 is 2.71 bits per heavy atom. The lowest BCUT2D eigenvalue weighted by molar-refractivity contribution is 0.413. The van der Waals surface area contributed by atoms with Gasteiger partial charge >= 0.3 is 0 Å². The summed E-state index contributed by atoms with van der Waals surface area (Å²) in [6, 6.07) is 8.85. The molecule has 0 atom stereocenters. The van der Waals surface area contributed by atoms with E-state index in [1.807, 2.05) is 0 Å². The van der Waals surface area contributed by atoms with Crippen molar-refractivity contribution < 1.29 is 17.5 Å². The average molecular weight is 415 g/mol. The zero-order valence-corrected chi connectivity index (χ0v) is 16.3. The van der Waals surface area contributed by atoms with Crippen molar-refractivity contribution in [1.29, 1.82) is 0 Å². The number of rotatable bonds is 5. The van der Waals surface area contributed by atoms with E-state index >= 15 is 0 Å². The molecule has 4 aromatic rings. The standard InChI is InChI=1S/C19H14FN3O3S2/c1-26-17-8-12(20)2-4-15(17)19-14-5-3-13(9-16(14)22-11-23-19)28(24,25)10-18-21-6-7-27-18/h2-9,11H,10H2,1H3. The molecule has 28 heavy (non-hydrogen) atoms. The second-order valence-corrected chi connectivity index (χ2v) is 8.90. The monoisotopic (exact) mass is 415 g/mol. The van der Waals surface area contributed by atoms with Gasteiger partial charge in [-0.3, -0.25) is 0 Å². The Kier molecular flexibility index (Phi) is 4.78. The zero-order chi connectivity index (χ0) is 19.7. The number of sulfone groups is 1. The van der Waals surface area contributed by atoms with Crippen LogP contribution in [0.4, 0.5) is 4.39 Å². The van der Waals surface area contributed by atoms with Gasteiger partial charge < -0.3 is 4.74 Å². The van der Waals surface area contributed by atoms with Crippen LogP contribution in [0.2, 0.25) is 0 Å². The smallest absolute Gasteiger partial charge is 0.184 e. The first-order valence-corrected chi connectivity index (χ1v) is 10.7. The SMILES string of the molecule is COc1cc(F)ccc1-c1ncnc2cc(S(=O)(=O)Cc3nccs3)ccc12. The normalized spacial score (nSPS) is 11.6. The van der Waals surface area contributed by atoms with Gasteiger partial charge in [0.15, 0.2) is 9.84 Å². The van der Waals surface area contributed by atoms with Gasteiger partial charge in [0.05, 0.1) is 23.2 Å². The van der Waals surface area contributed by atoms with E-state index in [2.05, 4.69) is 15.0 Å². The first-order chi connectivity index (χ1) is 13.5. The summed E-state index contributed by atoms with van der Waals surface area (Å²) in [4.78, 5) is 12.7. The van der Waals surface area contributed by atoms with Crippen LogP contribution >= 0.6 is 11.3 Å². The Balaban J connectivity index is 1.81. The minimum absolute atomic E-state index is 0.158. The summed E-state index contributed by atoms with van der Waals surface area (Å²) >= 11 is 1.29. The number of hydrogen-bond donors (Lipinski definition) is 0. The van der Waals surface area contributed by atoms with Crippen LogP contribution in [0.3, 0.4) is 0 Å². The van der Waals surface area contributed by atoms with Gasteiger partial charge in [-0.2, -0.15) is 0 Å². The summed E-state index contributed by atoms with van der Waals surface area (Å²) in [5, 5.41) is 2.90. The lowest BCUT2D eigenvalue weighted by atomic mass is 10.1. The molecule has 0 saturated carbocycles. The van der Waals surface area contributed by atoms with Crippen molar-refractivity contribution in [3.63, 3.8) is 0 Å². The largest absolute Gasteiger partial charge is 0.496 e. The van der Waals surface area contributed by atoms with Crippen LogP contribution in [0.15, 0.2) is 59.2 Å². The molecule has 0 radical (unpaired) electrons. The third-order valence-electron chi connectivity index (χ3n) is 4.18. The molecule has 0 saturated heterocycles. The molecule has 0 unspecified atom stereocenters. The number of thiazole rings is 1. The molecule has 142 valence electrons. The van der Waals surface area contributed by atoms with Crippen molar-refractivity contribution in [3.8, 4) is 17.0 Å². The van der Waals surface area contributed by atoms with Crippen LogP contribution in [0, 0.1) is 5.82 Å². The number of ether oxygens (including phenoxy) is 1. The van der Waals surface area contributed by atoms with Crippen LogP contribution in [0.1, 0.15) is 5.01 Å². The van der Waals surface area contributed by atoms with Gasteiger partial charge in [-0.15, -0.1) is 11.3 Å².